The van der Waals surface area contributed by atoms with E-state index in [-0.39, 0.29) is 11.5 Å². The molecule has 2 heteroatoms. The van der Waals surface area contributed by atoms with Crippen molar-refractivity contribution in [3.63, 3.8) is 0 Å². The van der Waals surface area contributed by atoms with Gasteiger partial charge in [0.05, 0.1) is 0 Å². The molecule has 0 saturated heterocycles. The van der Waals surface area contributed by atoms with Crippen molar-refractivity contribution in [2.45, 2.75) is 26.7 Å². The molecule has 0 bridgehead atoms. The quantitative estimate of drug-likeness (QED) is 0.840. The number of allylic oxidation sites excluding steroid dienone is 1. The molecule has 0 unspecified atom stereocenters. The Balaban J connectivity index is 2.50. The average Bonchev–Trinajstić information content (AvgIpc) is 2.44. The lowest BCUT2D eigenvalue weighted by molar-refractivity contribution is 0.473. The van der Waals surface area contributed by atoms with Crippen LogP contribution in [0.2, 0.25) is 0 Å². The molecule has 0 heterocycles. The van der Waals surface area contributed by atoms with E-state index in [0.717, 1.165) is 29.5 Å². The summed E-state index contributed by atoms with van der Waals surface area (Å²) in [6.45, 7) is 4.04. The van der Waals surface area contributed by atoms with Gasteiger partial charge in [0.15, 0.2) is 0 Å². The minimum absolute atomic E-state index is 0.246. The maximum absolute atomic E-state index is 10.1. The van der Waals surface area contributed by atoms with Crippen LogP contribution in [0, 0.1) is 0 Å². The number of phenolic OH excluding ortho intramolecular Hbond substituents is 2. The van der Waals surface area contributed by atoms with Gasteiger partial charge in [0.25, 0.3) is 0 Å². The molecule has 2 rings (SSSR count). The third-order valence-electron chi connectivity index (χ3n) is 3.28. The van der Waals surface area contributed by atoms with Gasteiger partial charge < -0.3 is 10.2 Å². The van der Waals surface area contributed by atoms with Gasteiger partial charge in [0.1, 0.15) is 11.5 Å². The number of aromatic hydroxyl groups is 2. The van der Waals surface area contributed by atoms with Crippen molar-refractivity contribution in [3.8, 4) is 22.6 Å². The monoisotopic (exact) mass is 268 g/mol. The van der Waals surface area contributed by atoms with Crippen LogP contribution < -0.4 is 0 Å². The minimum Gasteiger partial charge on any atom is -0.507 e. The van der Waals surface area contributed by atoms with Crippen LogP contribution in [0.5, 0.6) is 11.5 Å². The number of aryl methyl sites for hydroxylation is 1. The summed E-state index contributed by atoms with van der Waals surface area (Å²) in [6, 6.07) is 11.1. The van der Waals surface area contributed by atoms with Crippen molar-refractivity contribution in [2.75, 3.05) is 0 Å². The topological polar surface area (TPSA) is 40.5 Å². The molecular weight excluding hydrogens is 248 g/mol. The van der Waals surface area contributed by atoms with E-state index in [2.05, 4.69) is 6.92 Å². The Morgan fingerprint density at radius 3 is 2.45 bits per heavy atom. The van der Waals surface area contributed by atoms with Gasteiger partial charge in [0, 0.05) is 11.1 Å². The second kappa shape index (κ2) is 6.29. The molecule has 0 aromatic heterocycles. The van der Waals surface area contributed by atoms with Crippen LogP contribution in [0.4, 0.5) is 0 Å². The first kappa shape index (κ1) is 14.2. The smallest absolute Gasteiger partial charge is 0.123 e. The Bertz CT molecular complexity index is 627. The molecule has 2 aromatic carbocycles. The fraction of sp³-hybridized carbons (Fsp3) is 0.222. The molecule has 0 radical (unpaired) electrons. The van der Waals surface area contributed by atoms with E-state index in [4.69, 9.17) is 0 Å². The van der Waals surface area contributed by atoms with Crippen molar-refractivity contribution in [3.05, 3.63) is 53.6 Å². The highest BCUT2D eigenvalue weighted by molar-refractivity contribution is 5.74. The summed E-state index contributed by atoms with van der Waals surface area (Å²) in [5.41, 5.74) is 3.68. The normalized spacial score (nSPS) is 11.1. The van der Waals surface area contributed by atoms with E-state index in [1.165, 1.54) is 5.56 Å². The molecular formula is C18H20O2. The van der Waals surface area contributed by atoms with Crippen molar-refractivity contribution in [1.82, 2.24) is 0 Å². The largest absolute Gasteiger partial charge is 0.507 e. The summed E-state index contributed by atoms with van der Waals surface area (Å²) in [6.07, 6.45) is 5.80. The van der Waals surface area contributed by atoms with E-state index >= 15 is 0 Å². The highest BCUT2D eigenvalue weighted by Gasteiger charge is 2.08. The molecule has 0 fully saturated rings. The Labute approximate surface area is 120 Å². The first-order valence-electron chi connectivity index (χ1n) is 6.93. The zero-order chi connectivity index (χ0) is 14.5. The summed E-state index contributed by atoms with van der Waals surface area (Å²) < 4.78 is 0. The van der Waals surface area contributed by atoms with Crippen LogP contribution in [0.3, 0.4) is 0 Å². The maximum atomic E-state index is 10.1. The standard InChI is InChI=1S/C18H20O2/c1-3-5-13-7-9-18(20)16(11-13)14-8-10-17(19)15(12-14)6-4-2/h4,6-12,19-20H,3,5H2,1-2H3/b6-4+. The maximum Gasteiger partial charge on any atom is 0.123 e. The van der Waals surface area contributed by atoms with Crippen LogP contribution in [0.15, 0.2) is 42.5 Å². The van der Waals surface area contributed by atoms with E-state index in [9.17, 15) is 10.2 Å². The van der Waals surface area contributed by atoms with E-state index in [0.29, 0.717) is 0 Å². The molecule has 2 N–H and O–H groups in total. The first-order chi connectivity index (χ1) is 9.65. The van der Waals surface area contributed by atoms with Crippen molar-refractivity contribution < 1.29 is 10.2 Å². The second-order valence-electron chi connectivity index (χ2n) is 4.88. The predicted molar refractivity (Wildman–Crippen MR) is 83.9 cm³/mol. The molecule has 20 heavy (non-hydrogen) atoms. The number of hydrogen-bond donors (Lipinski definition) is 2. The minimum atomic E-state index is 0.246. The predicted octanol–water partition coefficient (Wildman–Crippen LogP) is 4.75. The molecule has 0 aliphatic heterocycles. The van der Waals surface area contributed by atoms with E-state index in [1.54, 1.807) is 12.1 Å². The molecule has 2 aromatic rings. The third kappa shape index (κ3) is 3.02. The first-order valence-corrected chi connectivity index (χ1v) is 6.93. The fourth-order valence-corrected chi connectivity index (χ4v) is 2.29. The summed E-state index contributed by atoms with van der Waals surface area (Å²) in [7, 11) is 0. The molecule has 0 saturated carbocycles. The highest BCUT2D eigenvalue weighted by Crippen LogP contribution is 2.33. The molecule has 0 aliphatic carbocycles. The number of phenols is 2. The Morgan fingerprint density at radius 1 is 1.00 bits per heavy atom. The molecule has 2 nitrogen and oxygen atoms in total. The Hall–Kier alpha value is -2.22. The van der Waals surface area contributed by atoms with Crippen LogP contribution in [0.1, 0.15) is 31.4 Å². The van der Waals surface area contributed by atoms with Gasteiger partial charge in [-0.1, -0.05) is 37.6 Å². The fourth-order valence-electron chi connectivity index (χ4n) is 2.29. The highest BCUT2D eigenvalue weighted by atomic mass is 16.3. The average molecular weight is 268 g/mol. The third-order valence-corrected chi connectivity index (χ3v) is 3.28. The molecule has 0 amide bonds. The lowest BCUT2D eigenvalue weighted by Crippen LogP contribution is -1.87. The molecule has 0 spiro atoms. The number of benzene rings is 2. The molecule has 104 valence electrons. The molecule has 0 aliphatic rings. The van der Waals surface area contributed by atoms with Gasteiger partial charge in [-0.05, 0) is 48.7 Å². The molecule has 0 atom stereocenters. The lowest BCUT2D eigenvalue weighted by atomic mass is 9.98. The van der Waals surface area contributed by atoms with Crippen molar-refractivity contribution in [1.29, 1.82) is 0 Å². The van der Waals surface area contributed by atoms with Gasteiger partial charge in [-0.15, -0.1) is 0 Å². The van der Waals surface area contributed by atoms with Crippen LogP contribution in [0.25, 0.3) is 17.2 Å². The van der Waals surface area contributed by atoms with E-state index in [1.807, 2.05) is 43.3 Å². The zero-order valence-corrected chi connectivity index (χ0v) is 11.9. The van der Waals surface area contributed by atoms with Crippen LogP contribution in [-0.4, -0.2) is 10.2 Å². The van der Waals surface area contributed by atoms with Crippen LogP contribution >= 0.6 is 0 Å². The van der Waals surface area contributed by atoms with Gasteiger partial charge in [-0.3, -0.25) is 0 Å². The van der Waals surface area contributed by atoms with Crippen molar-refractivity contribution in [2.24, 2.45) is 0 Å². The Morgan fingerprint density at radius 2 is 1.75 bits per heavy atom. The summed E-state index contributed by atoms with van der Waals surface area (Å²) in [5.74, 6) is 0.512. The zero-order valence-electron chi connectivity index (χ0n) is 11.9. The number of rotatable bonds is 4. The van der Waals surface area contributed by atoms with Gasteiger partial charge in [-0.25, -0.2) is 0 Å². The van der Waals surface area contributed by atoms with Crippen LogP contribution in [-0.2, 0) is 6.42 Å². The second-order valence-corrected chi connectivity index (χ2v) is 4.88. The van der Waals surface area contributed by atoms with Gasteiger partial charge in [-0.2, -0.15) is 0 Å². The summed E-state index contributed by atoms with van der Waals surface area (Å²) >= 11 is 0. The van der Waals surface area contributed by atoms with E-state index < -0.39 is 0 Å². The summed E-state index contributed by atoms with van der Waals surface area (Å²) in [4.78, 5) is 0. The Kier molecular flexibility index (Phi) is 4.46. The number of hydrogen-bond acceptors (Lipinski definition) is 2. The van der Waals surface area contributed by atoms with Gasteiger partial charge >= 0.3 is 0 Å². The SMILES string of the molecule is C/C=C/c1cc(-c2cc(CCC)ccc2O)ccc1O. The van der Waals surface area contributed by atoms with Crippen molar-refractivity contribution >= 4 is 6.08 Å². The lowest BCUT2D eigenvalue weighted by Gasteiger charge is -2.09. The van der Waals surface area contributed by atoms with Gasteiger partial charge in [0.2, 0.25) is 0 Å². The summed E-state index contributed by atoms with van der Waals surface area (Å²) in [5, 5.41) is 19.9.